The van der Waals surface area contributed by atoms with Crippen molar-refractivity contribution in [2.75, 3.05) is 18.4 Å². The molecule has 2 aliphatic heterocycles. The molecular weight excluding hydrogens is 266 g/mol. The zero-order valence-corrected chi connectivity index (χ0v) is 11.7. The fourth-order valence-electron chi connectivity index (χ4n) is 3.15. The summed E-state index contributed by atoms with van der Waals surface area (Å²) in [6.07, 6.45) is 3.06. The average Bonchev–Trinajstić information content (AvgIpc) is 2.85. The minimum atomic E-state index is -0.938. The average molecular weight is 283 g/mol. The van der Waals surface area contributed by atoms with Crippen LogP contribution in [-0.4, -0.2) is 29.8 Å². The van der Waals surface area contributed by atoms with Gasteiger partial charge in [0.25, 0.3) is 0 Å². The van der Waals surface area contributed by atoms with Gasteiger partial charge in [0.15, 0.2) is 0 Å². The number of hydrogen-bond donors (Lipinski definition) is 1. The van der Waals surface area contributed by atoms with Gasteiger partial charge in [0.2, 0.25) is 11.8 Å². The van der Waals surface area contributed by atoms with Crippen LogP contribution in [0.4, 0.5) is 5.69 Å². The summed E-state index contributed by atoms with van der Waals surface area (Å²) >= 11 is 0. The Morgan fingerprint density at radius 2 is 2.00 bits per heavy atom. The highest BCUT2D eigenvalue weighted by molar-refractivity contribution is 6.06. The monoisotopic (exact) mass is 283 g/mol. The molecule has 3 rings (SSSR count). The van der Waals surface area contributed by atoms with E-state index in [4.69, 9.17) is 0 Å². The topological polar surface area (TPSA) is 73.2 Å². The van der Waals surface area contributed by atoms with Gasteiger partial charge in [-0.1, -0.05) is 18.2 Å². The van der Waals surface area contributed by atoms with Crippen molar-refractivity contribution in [2.45, 2.75) is 25.2 Å². The number of nitrogens with zero attached hydrogens (tertiary/aromatic N) is 2. The Labute approximate surface area is 123 Å². The molecule has 5 nitrogen and oxygen atoms in total. The van der Waals surface area contributed by atoms with Gasteiger partial charge < -0.3 is 10.2 Å². The smallest absolute Gasteiger partial charge is 0.241 e. The number of amides is 2. The second-order valence-electron chi connectivity index (χ2n) is 5.55. The number of fused-ring (bicyclic) bond motifs is 1. The van der Waals surface area contributed by atoms with Gasteiger partial charge in [-0.2, -0.15) is 5.26 Å². The third-order valence-electron chi connectivity index (χ3n) is 4.24. The van der Waals surface area contributed by atoms with Crippen molar-refractivity contribution in [1.82, 2.24) is 4.90 Å². The first-order valence-electron chi connectivity index (χ1n) is 7.30. The first kappa shape index (κ1) is 13.6. The van der Waals surface area contributed by atoms with Crippen molar-refractivity contribution in [3.05, 3.63) is 29.8 Å². The molecule has 0 radical (unpaired) electrons. The molecule has 108 valence electrons. The van der Waals surface area contributed by atoms with E-state index in [1.54, 1.807) is 11.0 Å². The third-order valence-corrected chi connectivity index (χ3v) is 4.24. The Morgan fingerprint density at radius 3 is 2.71 bits per heavy atom. The van der Waals surface area contributed by atoms with Gasteiger partial charge >= 0.3 is 0 Å². The number of nitriles is 1. The van der Waals surface area contributed by atoms with Crippen molar-refractivity contribution >= 4 is 17.5 Å². The number of benzene rings is 1. The number of rotatable bonds is 2. The molecule has 21 heavy (non-hydrogen) atoms. The lowest BCUT2D eigenvalue weighted by molar-refractivity contribution is -0.137. The van der Waals surface area contributed by atoms with E-state index in [0.717, 1.165) is 24.8 Å². The molecule has 0 spiro atoms. The number of para-hydroxylation sites is 1. The standard InChI is InChI=1S/C16H17N3O2/c17-10-12(16(21)19-8-4-1-5-9-19)14-11-6-2-3-7-13(11)18-15(14)20/h2-3,6-7,12,14H,1,4-5,8-9H2,(H,18,20). The van der Waals surface area contributed by atoms with Crippen LogP contribution in [0.15, 0.2) is 24.3 Å². The molecule has 2 heterocycles. The highest BCUT2D eigenvalue weighted by Gasteiger charge is 2.42. The molecule has 2 unspecified atom stereocenters. The van der Waals surface area contributed by atoms with Crippen LogP contribution in [0, 0.1) is 17.2 Å². The third kappa shape index (κ3) is 2.38. The molecule has 1 fully saturated rings. The molecule has 1 aromatic carbocycles. The quantitative estimate of drug-likeness (QED) is 0.900. The molecule has 1 N–H and O–H groups in total. The summed E-state index contributed by atoms with van der Waals surface area (Å²) in [7, 11) is 0. The van der Waals surface area contributed by atoms with E-state index >= 15 is 0 Å². The van der Waals surface area contributed by atoms with Gasteiger partial charge in [0, 0.05) is 18.8 Å². The number of hydrogen-bond acceptors (Lipinski definition) is 3. The number of carbonyl (C=O) groups is 2. The van der Waals surface area contributed by atoms with E-state index in [0.29, 0.717) is 18.8 Å². The van der Waals surface area contributed by atoms with Gasteiger partial charge in [-0.3, -0.25) is 9.59 Å². The van der Waals surface area contributed by atoms with Crippen LogP contribution in [0.3, 0.4) is 0 Å². The predicted octanol–water partition coefficient (Wildman–Crippen LogP) is 1.87. The van der Waals surface area contributed by atoms with Crippen LogP contribution in [0.1, 0.15) is 30.7 Å². The zero-order valence-electron chi connectivity index (χ0n) is 11.7. The summed E-state index contributed by atoms with van der Waals surface area (Å²) in [6.45, 7) is 1.37. The molecule has 1 aromatic rings. The van der Waals surface area contributed by atoms with Crippen molar-refractivity contribution in [1.29, 1.82) is 5.26 Å². The van der Waals surface area contributed by atoms with Crippen LogP contribution in [0.25, 0.3) is 0 Å². The molecule has 2 amide bonds. The van der Waals surface area contributed by atoms with Gasteiger partial charge in [-0.05, 0) is 30.9 Å². The maximum Gasteiger partial charge on any atom is 0.241 e. The summed E-state index contributed by atoms with van der Waals surface area (Å²) in [5.74, 6) is -2.10. The molecular formula is C16H17N3O2. The van der Waals surface area contributed by atoms with Crippen LogP contribution >= 0.6 is 0 Å². The van der Waals surface area contributed by atoms with Crippen molar-refractivity contribution in [2.24, 2.45) is 5.92 Å². The van der Waals surface area contributed by atoms with E-state index in [9.17, 15) is 14.9 Å². The van der Waals surface area contributed by atoms with Crippen molar-refractivity contribution in [3.63, 3.8) is 0 Å². The van der Waals surface area contributed by atoms with E-state index in [2.05, 4.69) is 11.4 Å². The van der Waals surface area contributed by atoms with Crippen LogP contribution in [0.2, 0.25) is 0 Å². The highest BCUT2D eigenvalue weighted by Crippen LogP contribution is 2.38. The Balaban J connectivity index is 1.88. The number of anilines is 1. The molecule has 0 saturated carbocycles. The second-order valence-corrected chi connectivity index (χ2v) is 5.55. The van der Waals surface area contributed by atoms with Crippen molar-refractivity contribution < 1.29 is 9.59 Å². The predicted molar refractivity (Wildman–Crippen MR) is 77.3 cm³/mol. The Bertz CT molecular complexity index is 614. The first-order valence-corrected chi connectivity index (χ1v) is 7.30. The SMILES string of the molecule is N#CC(C(=O)N1CCCCC1)C1C(=O)Nc2ccccc21. The molecule has 2 atom stereocenters. The number of nitrogens with one attached hydrogen (secondary N) is 1. The van der Waals surface area contributed by atoms with Gasteiger partial charge in [-0.25, -0.2) is 0 Å². The number of carbonyl (C=O) groups excluding carboxylic acids is 2. The van der Waals surface area contributed by atoms with E-state index in [1.807, 2.05) is 18.2 Å². The second kappa shape index (κ2) is 5.57. The maximum absolute atomic E-state index is 12.6. The van der Waals surface area contributed by atoms with E-state index in [-0.39, 0.29) is 11.8 Å². The normalized spacial score (nSPS) is 22.1. The van der Waals surface area contributed by atoms with Gasteiger partial charge in [0.05, 0.1) is 12.0 Å². The van der Waals surface area contributed by atoms with Crippen LogP contribution in [-0.2, 0) is 9.59 Å². The van der Waals surface area contributed by atoms with E-state index in [1.165, 1.54) is 0 Å². The molecule has 0 bridgehead atoms. The largest absolute Gasteiger partial charge is 0.342 e. The molecule has 5 heteroatoms. The number of piperidine rings is 1. The van der Waals surface area contributed by atoms with E-state index < -0.39 is 11.8 Å². The van der Waals surface area contributed by atoms with Gasteiger partial charge in [-0.15, -0.1) is 0 Å². The number of likely N-dealkylation sites (tertiary alicyclic amines) is 1. The summed E-state index contributed by atoms with van der Waals surface area (Å²) in [5, 5.41) is 12.2. The van der Waals surface area contributed by atoms with Crippen LogP contribution in [0.5, 0.6) is 0 Å². The Kier molecular flexibility index (Phi) is 3.61. The van der Waals surface area contributed by atoms with Crippen LogP contribution < -0.4 is 5.32 Å². The fourth-order valence-corrected chi connectivity index (χ4v) is 3.15. The molecule has 2 aliphatic rings. The zero-order chi connectivity index (χ0) is 14.8. The Hall–Kier alpha value is -2.35. The fraction of sp³-hybridized carbons (Fsp3) is 0.438. The maximum atomic E-state index is 12.6. The van der Waals surface area contributed by atoms with Crippen molar-refractivity contribution in [3.8, 4) is 6.07 Å². The van der Waals surface area contributed by atoms with Gasteiger partial charge in [0.1, 0.15) is 5.92 Å². The lowest BCUT2D eigenvalue weighted by Crippen LogP contribution is -2.42. The highest BCUT2D eigenvalue weighted by atomic mass is 16.2. The molecule has 0 aromatic heterocycles. The lowest BCUT2D eigenvalue weighted by atomic mass is 9.86. The minimum Gasteiger partial charge on any atom is -0.342 e. The first-order chi connectivity index (χ1) is 10.2. The summed E-state index contributed by atoms with van der Waals surface area (Å²) < 4.78 is 0. The summed E-state index contributed by atoms with van der Waals surface area (Å²) in [4.78, 5) is 26.5. The molecule has 0 aliphatic carbocycles. The summed E-state index contributed by atoms with van der Waals surface area (Å²) in [5.41, 5.74) is 1.46. The lowest BCUT2D eigenvalue weighted by Gasteiger charge is -2.29. The molecule has 1 saturated heterocycles. The summed E-state index contributed by atoms with van der Waals surface area (Å²) in [6, 6.07) is 9.32. The Morgan fingerprint density at radius 1 is 1.29 bits per heavy atom. The minimum absolute atomic E-state index is 0.214.